The average molecular weight is 241 g/mol. The minimum Gasteiger partial charge on any atom is -0.462 e. The molecule has 0 atom stereocenters. The second-order valence-corrected chi connectivity index (χ2v) is 4.53. The lowest BCUT2D eigenvalue weighted by atomic mass is 10.2. The summed E-state index contributed by atoms with van der Waals surface area (Å²) in [6, 6.07) is 7.39. The largest absolute Gasteiger partial charge is 0.462 e. The van der Waals surface area contributed by atoms with Gasteiger partial charge < -0.3 is 4.74 Å². The molecular weight excluding hydrogens is 232 g/mol. The van der Waals surface area contributed by atoms with E-state index in [0.717, 1.165) is 10.1 Å². The van der Waals surface area contributed by atoms with Gasteiger partial charge in [-0.25, -0.2) is 4.79 Å². The topological polar surface area (TPSA) is 26.3 Å². The predicted octanol–water partition coefficient (Wildman–Crippen LogP) is 3.73. The molecular formula is C11H9ClO2S. The van der Waals surface area contributed by atoms with Crippen molar-refractivity contribution in [3.8, 4) is 0 Å². The van der Waals surface area contributed by atoms with Crippen LogP contribution in [0.1, 0.15) is 16.6 Å². The fraction of sp³-hybridized carbons (Fsp3) is 0.182. The summed E-state index contributed by atoms with van der Waals surface area (Å²) in [4.78, 5) is 12.1. The van der Waals surface area contributed by atoms with Crippen LogP contribution in [-0.2, 0) is 4.74 Å². The fourth-order valence-electron chi connectivity index (χ4n) is 1.31. The summed E-state index contributed by atoms with van der Waals surface area (Å²) in [5.74, 6) is -0.269. The summed E-state index contributed by atoms with van der Waals surface area (Å²) >= 11 is 7.26. The second-order valence-electron chi connectivity index (χ2n) is 3.01. The van der Waals surface area contributed by atoms with E-state index in [1.807, 2.05) is 24.3 Å². The molecule has 2 nitrogen and oxygen atoms in total. The molecule has 0 spiro atoms. The van der Waals surface area contributed by atoms with E-state index in [2.05, 4.69) is 0 Å². The molecule has 78 valence electrons. The smallest absolute Gasteiger partial charge is 0.348 e. The van der Waals surface area contributed by atoms with E-state index >= 15 is 0 Å². The third-order valence-electron chi connectivity index (χ3n) is 1.96. The van der Waals surface area contributed by atoms with Gasteiger partial charge in [0.1, 0.15) is 4.88 Å². The molecule has 2 aromatic rings. The lowest BCUT2D eigenvalue weighted by Gasteiger charge is -1.95. The zero-order valence-electron chi connectivity index (χ0n) is 8.12. The Morgan fingerprint density at radius 3 is 3.00 bits per heavy atom. The van der Waals surface area contributed by atoms with Crippen LogP contribution in [0, 0.1) is 0 Å². The summed E-state index contributed by atoms with van der Waals surface area (Å²) < 4.78 is 5.93. The van der Waals surface area contributed by atoms with Crippen LogP contribution in [0.3, 0.4) is 0 Å². The zero-order chi connectivity index (χ0) is 10.8. The Hall–Kier alpha value is -1.06. The number of hydrogen-bond acceptors (Lipinski definition) is 3. The number of halogens is 1. The van der Waals surface area contributed by atoms with E-state index in [4.69, 9.17) is 16.3 Å². The van der Waals surface area contributed by atoms with Gasteiger partial charge >= 0.3 is 5.97 Å². The van der Waals surface area contributed by atoms with Gasteiger partial charge in [0.25, 0.3) is 0 Å². The molecule has 1 aromatic heterocycles. The Kier molecular flexibility index (Phi) is 2.93. The van der Waals surface area contributed by atoms with Gasteiger partial charge in [0.05, 0.1) is 6.61 Å². The molecule has 0 radical (unpaired) electrons. The molecule has 0 bridgehead atoms. The van der Waals surface area contributed by atoms with Crippen LogP contribution < -0.4 is 0 Å². The maximum Gasteiger partial charge on any atom is 0.348 e. The van der Waals surface area contributed by atoms with E-state index in [9.17, 15) is 4.79 Å². The normalized spacial score (nSPS) is 10.5. The number of rotatable bonds is 2. The number of carbonyl (C=O) groups excluding carboxylic acids is 1. The highest BCUT2D eigenvalue weighted by atomic mass is 35.5. The maximum absolute atomic E-state index is 11.5. The molecule has 0 amide bonds. The van der Waals surface area contributed by atoms with Crippen molar-refractivity contribution >= 4 is 39.0 Å². The highest BCUT2D eigenvalue weighted by Crippen LogP contribution is 2.28. The molecule has 0 fully saturated rings. The summed E-state index contributed by atoms with van der Waals surface area (Å²) in [5.41, 5.74) is 0. The van der Waals surface area contributed by atoms with Crippen LogP contribution in [0.2, 0.25) is 5.02 Å². The van der Waals surface area contributed by atoms with Crippen molar-refractivity contribution < 1.29 is 9.53 Å². The first-order valence-corrected chi connectivity index (χ1v) is 5.76. The molecule has 0 aliphatic carbocycles. The van der Waals surface area contributed by atoms with E-state index in [0.29, 0.717) is 16.5 Å². The van der Waals surface area contributed by atoms with Crippen LogP contribution in [0.5, 0.6) is 0 Å². The summed E-state index contributed by atoms with van der Waals surface area (Å²) in [6.45, 7) is 2.19. The minimum atomic E-state index is -0.269. The van der Waals surface area contributed by atoms with Crippen molar-refractivity contribution in [3.63, 3.8) is 0 Å². The van der Waals surface area contributed by atoms with Crippen LogP contribution in [0.15, 0.2) is 24.3 Å². The molecule has 4 heteroatoms. The molecule has 0 aliphatic rings. The van der Waals surface area contributed by atoms with Crippen molar-refractivity contribution in [1.82, 2.24) is 0 Å². The average Bonchev–Trinajstić information content (AvgIpc) is 2.60. The Balaban J connectivity index is 2.42. The molecule has 15 heavy (non-hydrogen) atoms. The Morgan fingerprint density at radius 1 is 1.47 bits per heavy atom. The standard InChI is InChI=1S/C11H9ClO2S/c1-2-14-11(13)10-5-7-3-4-8(12)6-9(7)15-10/h3-6H,2H2,1H3. The number of fused-ring (bicyclic) bond motifs is 1. The van der Waals surface area contributed by atoms with E-state index in [-0.39, 0.29) is 5.97 Å². The van der Waals surface area contributed by atoms with Crippen molar-refractivity contribution in [2.75, 3.05) is 6.61 Å². The number of ether oxygens (including phenoxy) is 1. The first-order valence-electron chi connectivity index (χ1n) is 4.57. The summed E-state index contributed by atoms with van der Waals surface area (Å²) in [6.07, 6.45) is 0. The third kappa shape index (κ3) is 2.13. The second kappa shape index (κ2) is 4.21. The van der Waals surface area contributed by atoms with Gasteiger partial charge in [0.15, 0.2) is 0 Å². The fourth-order valence-corrected chi connectivity index (χ4v) is 2.54. The SMILES string of the molecule is CCOC(=O)c1cc2ccc(Cl)cc2s1. The summed E-state index contributed by atoms with van der Waals surface area (Å²) in [5, 5.41) is 1.70. The summed E-state index contributed by atoms with van der Waals surface area (Å²) in [7, 11) is 0. The van der Waals surface area contributed by atoms with E-state index < -0.39 is 0 Å². The van der Waals surface area contributed by atoms with Gasteiger partial charge in [0, 0.05) is 9.72 Å². The Labute approximate surface area is 96.4 Å². The van der Waals surface area contributed by atoms with Crippen LogP contribution in [0.25, 0.3) is 10.1 Å². The van der Waals surface area contributed by atoms with Crippen molar-refractivity contribution in [2.45, 2.75) is 6.92 Å². The zero-order valence-corrected chi connectivity index (χ0v) is 9.69. The van der Waals surface area contributed by atoms with E-state index in [1.165, 1.54) is 11.3 Å². The van der Waals surface area contributed by atoms with Crippen molar-refractivity contribution in [3.05, 3.63) is 34.2 Å². The molecule has 0 saturated heterocycles. The minimum absolute atomic E-state index is 0.269. The Morgan fingerprint density at radius 2 is 2.27 bits per heavy atom. The van der Waals surface area contributed by atoms with Crippen LogP contribution in [-0.4, -0.2) is 12.6 Å². The van der Waals surface area contributed by atoms with Gasteiger partial charge in [-0.3, -0.25) is 0 Å². The lowest BCUT2D eigenvalue weighted by molar-refractivity contribution is 0.0532. The molecule has 0 unspecified atom stereocenters. The number of carbonyl (C=O) groups is 1. The number of benzene rings is 1. The molecule has 0 aliphatic heterocycles. The lowest BCUT2D eigenvalue weighted by Crippen LogP contribution is -2.01. The monoisotopic (exact) mass is 240 g/mol. The molecule has 2 rings (SSSR count). The molecule has 1 aromatic carbocycles. The molecule has 0 N–H and O–H groups in total. The predicted molar refractivity (Wildman–Crippen MR) is 62.8 cm³/mol. The van der Waals surface area contributed by atoms with Gasteiger partial charge in [0.2, 0.25) is 0 Å². The van der Waals surface area contributed by atoms with Crippen molar-refractivity contribution in [2.24, 2.45) is 0 Å². The van der Waals surface area contributed by atoms with Crippen LogP contribution >= 0.6 is 22.9 Å². The van der Waals surface area contributed by atoms with Gasteiger partial charge in [-0.05, 0) is 30.5 Å². The third-order valence-corrected chi connectivity index (χ3v) is 3.27. The highest BCUT2D eigenvalue weighted by Gasteiger charge is 2.10. The van der Waals surface area contributed by atoms with Crippen LogP contribution in [0.4, 0.5) is 0 Å². The van der Waals surface area contributed by atoms with Gasteiger partial charge in [-0.2, -0.15) is 0 Å². The first-order chi connectivity index (χ1) is 7.20. The molecule has 1 heterocycles. The van der Waals surface area contributed by atoms with E-state index in [1.54, 1.807) is 6.92 Å². The van der Waals surface area contributed by atoms with Gasteiger partial charge in [-0.1, -0.05) is 17.7 Å². The highest BCUT2D eigenvalue weighted by molar-refractivity contribution is 7.20. The number of hydrogen-bond donors (Lipinski definition) is 0. The maximum atomic E-state index is 11.5. The van der Waals surface area contributed by atoms with Gasteiger partial charge in [-0.15, -0.1) is 11.3 Å². The molecule has 0 saturated carbocycles. The number of esters is 1. The Bertz CT molecular complexity index is 504. The first kappa shape index (κ1) is 10.5. The van der Waals surface area contributed by atoms with Crippen molar-refractivity contribution in [1.29, 1.82) is 0 Å². The number of thiophene rings is 1. The quantitative estimate of drug-likeness (QED) is 0.748.